The quantitative estimate of drug-likeness (QED) is 0.877. The van der Waals surface area contributed by atoms with Gasteiger partial charge in [0.05, 0.1) is 16.8 Å². The van der Waals surface area contributed by atoms with Crippen molar-refractivity contribution < 1.29 is 5.11 Å². The van der Waals surface area contributed by atoms with Crippen LogP contribution in [0.2, 0.25) is 5.02 Å². The Morgan fingerprint density at radius 1 is 1.69 bits per heavy atom. The maximum atomic E-state index is 8.68. The molecule has 13 heavy (non-hydrogen) atoms. The smallest absolute Gasteiger partial charge is 0.0758 e. The molecular weight excluding hydrogens is 255 g/mol. The van der Waals surface area contributed by atoms with E-state index >= 15 is 0 Å². The standard InChI is InChI=1S/C8H10BrClN2O/c9-5-3-6(10)8(12-4-5)7(11)1-2-13/h3-4,7,13H,1-2,11H2/t7-/m1/s1. The third-order valence-corrected chi connectivity index (χ3v) is 2.36. The van der Waals surface area contributed by atoms with Gasteiger partial charge >= 0.3 is 0 Å². The van der Waals surface area contributed by atoms with Crippen LogP contribution in [0.4, 0.5) is 0 Å². The maximum Gasteiger partial charge on any atom is 0.0758 e. The fraction of sp³-hybridized carbons (Fsp3) is 0.375. The first-order valence-corrected chi connectivity index (χ1v) is 4.99. The Balaban J connectivity index is 2.88. The highest BCUT2D eigenvalue weighted by molar-refractivity contribution is 9.10. The van der Waals surface area contributed by atoms with Gasteiger partial charge < -0.3 is 10.8 Å². The molecule has 1 rings (SSSR count). The predicted molar refractivity (Wildman–Crippen MR) is 55.6 cm³/mol. The van der Waals surface area contributed by atoms with Crippen molar-refractivity contribution in [3.63, 3.8) is 0 Å². The van der Waals surface area contributed by atoms with Gasteiger partial charge in [0, 0.05) is 17.3 Å². The summed E-state index contributed by atoms with van der Waals surface area (Å²) in [4.78, 5) is 4.08. The van der Waals surface area contributed by atoms with Gasteiger partial charge in [-0.15, -0.1) is 0 Å². The number of hydrogen-bond acceptors (Lipinski definition) is 3. The van der Waals surface area contributed by atoms with Crippen LogP contribution in [-0.2, 0) is 0 Å². The van der Waals surface area contributed by atoms with E-state index in [9.17, 15) is 0 Å². The number of aliphatic hydroxyl groups excluding tert-OH is 1. The Kier molecular flexibility index (Phi) is 4.12. The van der Waals surface area contributed by atoms with Crippen molar-refractivity contribution in [1.29, 1.82) is 0 Å². The molecule has 0 aromatic carbocycles. The third kappa shape index (κ3) is 2.91. The number of aliphatic hydroxyl groups is 1. The number of hydrogen-bond donors (Lipinski definition) is 2. The molecule has 0 radical (unpaired) electrons. The van der Waals surface area contributed by atoms with Crippen LogP contribution < -0.4 is 5.73 Å². The van der Waals surface area contributed by atoms with Crippen molar-refractivity contribution in [1.82, 2.24) is 4.98 Å². The zero-order chi connectivity index (χ0) is 9.84. The van der Waals surface area contributed by atoms with Gasteiger partial charge in [0.15, 0.2) is 0 Å². The summed E-state index contributed by atoms with van der Waals surface area (Å²) in [5, 5.41) is 9.21. The molecule has 0 fully saturated rings. The van der Waals surface area contributed by atoms with Gasteiger partial charge in [0.2, 0.25) is 0 Å². The molecule has 0 aliphatic carbocycles. The molecule has 1 atom stereocenters. The second kappa shape index (κ2) is 4.91. The average molecular weight is 266 g/mol. The van der Waals surface area contributed by atoms with Crippen LogP contribution in [0.1, 0.15) is 18.2 Å². The molecule has 0 saturated carbocycles. The summed E-state index contributed by atoms with van der Waals surface area (Å²) < 4.78 is 0.817. The minimum absolute atomic E-state index is 0.0369. The summed E-state index contributed by atoms with van der Waals surface area (Å²) in [5.41, 5.74) is 6.36. The molecule has 1 aromatic heterocycles. The second-order valence-electron chi connectivity index (χ2n) is 2.64. The Morgan fingerprint density at radius 3 is 2.92 bits per heavy atom. The van der Waals surface area contributed by atoms with Crippen LogP contribution in [0.15, 0.2) is 16.7 Å². The van der Waals surface area contributed by atoms with E-state index in [-0.39, 0.29) is 12.6 Å². The monoisotopic (exact) mass is 264 g/mol. The summed E-state index contributed by atoms with van der Waals surface area (Å²) in [6.07, 6.45) is 2.10. The molecule has 0 aliphatic rings. The van der Waals surface area contributed by atoms with E-state index in [1.165, 1.54) is 0 Å². The summed E-state index contributed by atoms with van der Waals surface area (Å²) in [6, 6.07) is 1.44. The van der Waals surface area contributed by atoms with E-state index in [4.69, 9.17) is 22.4 Å². The van der Waals surface area contributed by atoms with Gasteiger partial charge in [-0.3, -0.25) is 4.98 Å². The van der Waals surface area contributed by atoms with Gasteiger partial charge in [-0.25, -0.2) is 0 Å². The van der Waals surface area contributed by atoms with Crippen molar-refractivity contribution in [3.05, 3.63) is 27.5 Å². The highest BCUT2D eigenvalue weighted by atomic mass is 79.9. The number of halogens is 2. The number of nitrogens with zero attached hydrogens (tertiary/aromatic N) is 1. The Bertz CT molecular complexity index is 295. The number of pyridine rings is 1. The fourth-order valence-electron chi connectivity index (χ4n) is 0.974. The largest absolute Gasteiger partial charge is 0.396 e. The molecule has 3 nitrogen and oxygen atoms in total. The lowest BCUT2D eigenvalue weighted by Crippen LogP contribution is -2.14. The van der Waals surface area contributed by atoms with Crippen LogP contribution in [0.5, 0.6) is 0 Å². The van der Waals surface area contributed by atoms with Gasteiger partial charge in [0.25, 0.3) is 0 Å². The molecular formula is C8H10BrClN2O. The fourth-order valence-corrected chi connectivity index (χ4v) is 1.74. The maximum absolute atomic E-state index is 8.68. The third-order valence-electron chi connectivity index (χ3n) is 1.63. The van der Waals surface area contributed by atoms with E-state index in [1.807, 2.05) is 0 Å². The van der Waals surface area contributed by atoms with Crippen molar-refractivity contribution >= 4 is 27.5 Å². The van der Waals surface area contributed by atoms with Crippen LogP contribution >= 0.6 is 27.5 Å². The van der Waals surface area contributed by atoms with Crippen LogP contribution in [0.25, 0.3) is 0 Å². The highest BCUT2D eigenvalue weighted by Gasteiger charge is 2.11. The van der Waals surface area contributed by atoms with Crippen LogP contribution in [0.3, 0.4) is 0 Å². The van der Waals surface area contributed by atoms with Gasteiger partial charge in [-0.2, -0.15) is 0 Å². The molecule has 1 heterocycles. The van der Waals surface area contributed by atoms with Crippen molar-refractivity contribution in [2.75, 3.05) is 6.61 Å². The summed E-state index contributed by atoms with van der Waals surface area (Å²) in [5.74, 6) is 0. The first-order chi connectivity index (χ1) is 6.15. The molecule has 0 aliphatic heterocycles. The van der Waals surface area contributed by atoms with E-state index in [0.717, 1.165) is 4.47 Å². The van der Waals surface area contributed by atoms with E-state index in [2.05, 4.69) is 20.9 Å². The molecule has 0 bridgehead atoms. The average Bonchev–Trinajstić information content (AvgIpc) is 2.04. The summed E-state index contributed by atoms with van der Waals surface area (Å²) in [7, 11) is 0. The molecule has 0 amide bonds. The van der Waals surface area contributed by atoms with Crippen LogP contribution in [-0.4, -0.2) is 16.7 Å². The molecule has 72 valence electrons. The van der Waals surface area contributed by atoms with Crippen molar-refractivity contribution in [2.24, 2.45) is 5.73 Å². The summed E-state index contributed by atoms with van der Waals surface area (Å²) >= 11 is 9.15. The van der Waals surface area contributed by atoms with Crippen LogP contribution in [0, 0.1) is 0 Å². The van der Waals surface area contributed by atoms with E-state index in [1.54, 1.807) is 12.3 Å². The SMILES string of the molecule is N[C@H](CCO)c1ncc(Br)cc1Cl. The predicted octanol–water partition coefficient (Wildman–Crippen LogP) is 1.88. The number of aromatic nitrogens is 1. The minimum Gasteiger partial charge on any atom is -0.396 e. The zero-order valence-electron chi connectivity index (χ0n) is 6.87. The highest BCUT2D eigenvalue weighted by Crippen LogP contribution is 2.24. The van der Waals surface area contributed by atoms with Gasteiger partial charge in [-0.05, 0) is 28.4 Å². The van der Waals surface area contributed by atoms with Crippen molar-refractivity contribution in [3.8, 4) is 0 Å². The molecule has 0 saturated heterocycles. The van der Waals surface area contributed by atoms with E-state index < -0.39 is 0 Å². The lowest BCUT2D eigenvalue weighted by Gasteiger charge is -2.10. The Hall–Kier alpha value is -0.160. The zero-order valence-corrected chi connectivity index (χ0v) is 9.22. The summed E-state index contributed by atoms with van der Waals surface area (Å²) in [6.45, 7) is 0.0369. The number of rotatable bonds is 3. The molecule has 0 spiro atoms. The lowest BCUT2D eigenvalue weighted by atomic mass is 10.1. The first kappa shape index (κ1) is 10.9. The molecule has 3 N–H and O–H groups in total. The Labute approximate surface area is 90.1 Å². The Morgan fingerprint density at radius 2 is 2.38 bits per heavy atom. The lowest BCUT2D eigenvalue weighted by molar-refractivity contribution is 0.275. The van der Waals surface area contributed by atoms with Crippen molar-refractivity contribution in [2.45, 2.75) is 12.5 Å². The molecule has 0 unspecified atom stereocenters. The first-order valence-electron chi connectivity index (χ1n) is 3.82. The second-order valence-corrected chi connectivity index (χ2v) is 3.96. The molecule has 5 heteroatoms. The number of nitrogens with two attached hydrogens (primary N) is 1. The normalized spacial score (nSPS) is 12.9. The topological polar surface area (TPSA) is 59.1 Å². The minimum atomic E-state index is -0.300. The van der Waals surface area contributed by atoms with Gasteiger partial charge in [-0.1, -0.05) is 11.6 Å². The van der Waals surface area contributed by atoms with Gasteiger partial charge in [0.1, 0.15) is 0 Å². The van der Waals surface area contributed by atoms with E-state index in [0.29, 0.717) is 17.1 Å². The molecule has 1 aromatic rings.